The van der Waals surface area contributed by atoms with Crippen molar-refractivity contribution >= 4 is 33.5 Å². The first-order valence-corrected chi connectivity index (χ1v) is 6.48. The van der Waals surface area contributed by atoms with Gasteiger partial charge in [-0.25, -0.2) is 0 Å². The highest BCUT2D eigenvalue weighted by Gasteiger charge is 2.30. The number of rotatable bonds is 3. The van der Waals surface area contributed by atoms with E-state index in [-0.39, 0.29) is 28.0 Å². The summed E-state index contributed by atoms with van der Waals surface area (Å²) in [4.78, 5) is 11.3. The maximum absolute atomic E-state index is 12.3. The van der Waals surface area contributed by atoms with Gasteiger partial charge in [-0.15, -0.1) is 0 Å². The van der Waals surface area contributed by atoms with Gasteiger partial charge < -0.3 is 0 Å². The highest BCUT2D eigenvalue weighted by Crippen LogP contribution is 2.38. The fourth-order valence-electron chi connectivity index (χ4n) is 1.22. The van der Waals surface area contributed by atoms with E-state index in [1.54, 1.807) is 13.8 Å². The number of hydrogen-bond donors (Lipinski definition) is 0. The van der Waals surface area contributed by atoms with Crippen LogP contribution in [0.1, 0.15) is 22.8 Å². The molecule has 0 amide bonds. The number of carbonyl (C=O) groups is 1. The Morgan fingerprint density at radius 3 is 2.47 bits per heavy atom. The van der Waals surface area contributed by atoms with Gasteiger partial charge in [-0.1, -0.05) is 28.1 Å². The molecule has 6 heteroatoms. The second kappa shape index (κ2) is 5.44. The van der Waals surface area contributed by atoms with Crippen molar-refractivity contribution in [1.82, 2.24) is 0 Å². The predicted octanol–water partition coefficient (Wildman–Crippen LogP) is 4.57. The highest BCUT2D eigenvalue weighted by molar-refractivity contribution is 9.10. The number of benzene rings is 1. The van der Waals surface area contributed by atoms with Crippen LogP contribution in [0, 0.1) is 6.92 Å². The molecule has 0 N–H and O–H groups in total. The van der Waals surface area contributed by atoms with Crippen LogP contribution in [0.25, 0.3) is 0 Å². The van der Waals surface area contributed by atoms with Crippen molar-refractivity contribution in [2.24, 2.45) is 0 Å². The molecule has 0 aliphatic rings. The first-order valence-electron chi connectivity index (χ1n) is 4.75. The standard InChI is InChI=1S/C11H10BrF3OS/c1-6-3-4-8(10(16)7(2)12)5-9(6)17-11(13,14)15/h3-5,7H,1-2H3. The minimum Gasteiger partial charge on any atom is -0.293 e. The monoisotopic (exact) mass is 326 g/mol. The average molecular weight is 327 g/mol. The molecule has 94 valence electrons. The molecule has 0 heterocycles. The summed E-state index contributed by atoms with van der Waals surface area (Å²) in [5.74, 6) is -0.228. The maximum Gasteiger partial charge on any atom is 0.446 e. The average Bonchev–Trinajstić information content (AvgIpc) is 2.18. The lowest BCUT2D eigenvalue weighted by Gasteiger charge is -2.10. The molecule has 0 aliphatic carbocycles. The molecule has 0 fully saturated rings. The van der Waals surface area contributed by atoms with E-state index in [2.05, 4.69) is 15.9 Å². The van der Waals surface area contributed by atoms with Crippen molar-refractivity contribution in [3.63, 3.8) is 0 Å². The van der Waals surface area contributed by atoms with E-state index in [0.29, 0.717) is 5.56 Å². The van der Waals surface area contributed by atoms with Crippen molar-refractivity contribution in [2.75, 3.05) is 0 Å². The normalized spacial score (nSPS) is 13.5. The minimum atomic E-state index is -4.34. The number of thioether (sulfide) groups is 1. The van der Waals surface area contributed by atoms with Gasteiger partial charge >= 0.3 is 5.51 Å². The van der Waals surface area contributed by atoms with Crippen LogP contribution in [0.2, 0.25) is 0 Å². The van der Waals surface area contributed by atoms with Gasteiger partial charge in [0.1, 0.15) is 0 Å². The van der Waals surface area contributed by atoms with E-state index >= 15 is 0 Å². The second-order valence-electron chi connectivity index (χ2n) is 3.51. The van der Waals surface area contributed by atoms with Crippen molar-refractivity contribution in [1.29, 1.82) is 0 Å². The van der Waals surface area contributed by atoms with Crippen molar-refractivity contribution < 1.29 is 18.0 Å². The van der Waals surface area contributed by atoms with Crippen LogP contribution in [-0.4, -0.2) is 16.1 Å². The highest BCUT2D eigenvalue weighted by atomic mass is 79.9. The van der Waals surface area contributed by atoms with Gasteiger partial charge in [-0.05, 0) is 37.2 Å². The molecule has 0 saturated heterocycles. The number of carbonyl (C=O) groups excluding carboxylic acids is 1. The summed E-state index contributed by atoms with van der Waals surface area (Å²) in [7, 11) is 0. The van der Waals surface area contributed by atoms with Crippen LogP contribution in [-0.2, 0) is 0 Å². The van der Waals surface area contributed by atoms with Crippen molar-refractivity contribution in [3.05, 3.63) is 29.3 Å². The van der Waals surface area contributed by atoms with Gasteiger partial charge in [0, 0.05) is 10.5 Å². The Labute approximate surface area is 110 Å². The number of alkyl halides is 4. The summed E-state index contributed by atoms with van der Waals surface area (Å²) >= 11 is 2.91. The van der Waals surface area contributed by atoms with Crippen LogP contribution in [0.5, 0.6) is 0 Å². The second-order valence-corrected chi connectivity index (χ2v) is 5.99. The lowest BCUT2D eigenvalue weighted by molar-refractivity contribution is -0.0328. The molecular weight excluding hydrogens is 317 g/mol. The Bertz CT molecular complexity index is 429. The van der Waals surface area contributed by atoms with Crippen LogP contribution in [0.15, 0.2) is 23.1 Å². The van der Waals surface area contributed by atoms with Gasteiger partial charge in [0.05, 0.1) is 4.83 Å². The Hall–Kier alpha value is -0.490. The van der Waals surface area contributed by atoms with Gasteiger partial charge in [0.2, 0.25) is 0 Å². The first-order chi connectivity index (χ1) is 7.70. The van der Waals surface area contributed by atoms with E-state index in [9.17, 15) is 18.0 Å². The molecule has 1 nitrogen and oxygen atoms in total. The number of halogens is 4. The topological polar surface area (TPSA) is 17.1 Å². The largest absolute Gasteiger partial charge is 0.446 e. The van der Waals surface area contributed by atoms with Gasteiger partial charge in [0.15, 0.2) is 5.78 Å². The molecule has 1 aromatic rings. The third-order valence-electron chi connectivity index (χ3n) is 2.06. The van der Waals surface area contributed by atoms with Gasteiger partial charge in [-0.2, -0.15) is 13.2 Å². The summed E-state index contributed by atoms with van der Waals surface area (Å²) in [6, 6.07) is 4.35. The van der Waals surface area contributed by atoms with Crippen LogP contribution in [0.3, 0.4) is 0 Å². The molecule has 1 atom stereocenters. The van der Waals surface area contributed by atoms with E-state index in [1.165, 1.54) is 18.2 Å². The van der Waals surface area contributed by atoms with E-state index in [0.717, 1.165) is 0 Å². The number of Topliss-reactive ketones (excluding diaryl/α,β-unsaturated/α-hetero) is 1. The third-order valence-corrected chi connectivity index (χ3v) is 3.37. The number of hydrogen-bond acceptors (Lipinski definition) is 2. The number of ketones is 1. The quantitative estimate of drug-likeness (QED) is 0.459. The fourth-order valence-corrected chi connectivity index (χ4v) is 2.15. The predicted molar refractivity (Wildman–Crippen MR) is 65.8 cm³/mol. The molecule has 0 spiro atoms. The lowest BCUT2D eigenvalue weighted by Crippen LogP contribution is -2.10. The maximum atomic E-state index is 12.3. The lowest BCUT2D eigenvalue weighted by atomic mass is 10.1. The smallest absolute Gasteiger partial charge is 0.293 e. The van der Waals surface area contributed by atoms with Crippen molar-refractivity contribution in [2.45, 2.75) is 29.1 Å². The molecule has 0 aromatic heterocycles. The molecule has 1 aromatic carbocycles. The molecule has 0 bridgehead atoms. The SMILES string of the molecule is Cc1ccc(C(=O)C(C)Br)cc1SC(F)(F)F. The zero-order valence-electron chi connectivity index (χ0n) is 9.14. The molecule has 1 rings (SSSR count). The van der Waals surface area contributed by atoms with Crippen molar-refractivity contribution in [3.8, 4) is 0 Å². The summed E-state index contributed by atoms with van der Waals surface area (Å²) in [5, 5.41) is 0. The first kappa shape index (κ1) is 14.6. The number of aryl methyl sites for hydroxylation is 1. The van der Waals surface area contributed by atoms with Crippen LogP contribution >= 0.6 is 27.7 Å². The Morgan fingerprint density at radius 2 is 2.00 bits per heavy atom. The molecule has 1 unspecified atom stereocenters. The van der Waals surface area contributed by atoms with Crippen LogP contribution in [0.4, 0.5) is 13.2 Å². The molecule has 17 heavy (non-hydrogen) atoms. The summed E-state index contributed by atoms with van der Waals surface area (Å²) in [5.41, 5.74) is -3.55. The van der Waals surface area contributed by atoms with Gasteiger partial charge in [0.25, 0.3) is 0 Å². The summed E-state index contributed by atoms with van der Waals surface area (Å²) in [6.45, 7) is 3.22. The zero-order chi connectivity index (χ0) is 13.2. The molecule has 0 saturated carbocycles. The third kappa shape index (κ3) is 4.35. The Morgan fingerprint density at radius 1 is 1.41 bits per heavy atom. The summed E-state index contributed by atoms with van der Waals surface area (Å²) < 4.78 is 36.8. The van der Waals surface area contributed by atoms with Crippen LogP contribution < -0.4 is 0 Å². The van der Waals surface area contributed by atoms with E-state index in [1.807, 2.05) is 0 Å². The Kier molecular flexibility index (Phi) is 4.66. The van der Waals surface area contributed by atoms with E-state index in [4.69, 9.17) is 0 Å². The van der Waals surface area contributed by atoms with E-state index < -0.39 is 10.3 Å². The fraction of sp³-hybridized carbons (Fsp3) is 0.364. The zero-order valence-corrected chi connectivity index (χ0v) is 11.5. The Balaban J connectivity index is 3.07. The molecular formula is C11H10BrF3OS. The minimum absolute atomic E-state index is 0.0662. The summed E-state index contributed by atoms with van der Waals surface area (Å²) in [6.07, 6.45) is 0. The van der Waals surface area contributed by atoms with Gasteiger partial charge in [-0.3, -0.25) is 4.79 Å². The molecule has 0 aliphatic heterocycles. The molecule has 0 radical (unpaired) electrons.